The van der Waals surface area contributed by atoms with Gasteiger partial charge < -0.3 is 4.74 Å². The number of benzene rings is 1. The molecule has 0 bridgehead atoms. The third-order valence-corrected chi connectivity index (χ3v) is 2.90. The van der Waals surface area contributed by atoms with Crippen LogP contribution in [0.1, 0.15) is 12.5 Å². The Morgan fingerprint density at radius 2 is 1.94 bits per heavy atom. The molecule has 4 nitrogen and oxygen atoms in total. The van der Waals surface area contributed by atoms with Crippen molar-refractivity contribution in [2.75, 3.05) is 7.11 Å². The quantitative estimate of drug-likeness (QED) is 0.829. The molecule has 0 saturated carbocycles. The zero-order valence-electron chi connectivity index (χ0n) is 10.8. The van der Waals surface area contributed by atoms with Gasteiger partial charge in [-0.25, -0.2) is 4.68 Å². The molecule has 0 aliphatic heterocycles. The number of aryl methyl sites for hydroxylation is 2. The molecule has 94 valence electrons. The van der Waals surface area contributed by atoms with E-state index in [2.05, 4.69) is 5.10 Å². The van der Waals surface area contributed by atoms with E-state index in [0.29, 0.717) is 6.42 Å². The molecular weight excluding hydrogens is 228 g/mol. The lowest BCUT2D eigenvalue weighted by atomic mass is 10.1. The Balaban J connectivity index is 2.50. The van der Waals surface area contributed by atoms with E-state index in [9.17, 15) is 4.79 Å². The van der Waals surface area contributed by atoms with Crippen LogP contribution < -0.4 is 10.3 Å². The van der Waals surface area contributed by atoms with E-state index in [0.717, 1.165) is 22.6 Å². The van der Waals surface area contributed by atoms with Crippen LogP contribution in [0.15, 0.2) is 35.1 Å². The largest absolute Gasteiger partial charge is 0.497 e. The number of hydrogen-bond acceptors (Lipinski definition) is 3. The predicted octanol–water partition coefficient (Wildman–Crippen LogP) is 2.02. The van der Waals surface area contributed by atoms with Crippen molar-refractivity contribution in [3.05, 3.63) is 46.2 Å². The van der Waals surface area contributed by atoms with Crippen molar-refractivity contribution < 1.29 is 4.74 Å². The standard InChI is InChI=1S/C14H16N2O2/c1-4-10-9-13(15-16(2)14(10)17)11-5-7-12(18-3)8-6-11/h5-9H,4H2,1-3H3. The molecule has 0 aliphatic carbocycles. The lowest BCUT2D eigenvalue weighted by Gasteiger charge is -2.07. The second-order valence-corrected chi connectivity index (χ2v) is 4.07. The molecule has 2 rings (SSSR count). The molecule has 0 saturated heterocycles. The maximum Gasteiger partial charge on any atom is 0.269 e. The van der Waals surface area contributed by atoms with E-state index in [-0.39, 0.29) is 5.56 Å². The normalized spacial score (nSPS) is 10.4. The smallest absolute Gasteiger partial charge is 0.269 e. The first-order valence-corrected chi connectivity index (χ1v) is 5.87. The molecule has 1 aromatic carbocycles. The maximum absolute atomic E-state index is 11.8. The third-order valence-electron chi connectivity index (χ3n) is 2.90. The third kappa shape index (κ3) is 2.27. The average molecular weight is 244 g/mol. The van der Waals surface area contributed by atoms with Crippen molar-refractivity contribution in [2.45, 2.75) is 13.3 Å². The fourth-order valence-electron chi connectivity index (χ4n) is 1.83. The van der Waals surface area contributed by atoms with Crippen molar-refractivity contribution in [1.82, 2.24) is 9.78 Å². The SMILES string of the molecule is CCc1cc(-c2ccc(OC)cc2)nn(C)c1=O. The van der Waals surface area contributed by atoms with Gasteiger partial charge in [0.05, 0.1) is 12.8 Å². The first-order valence-electron chi connectivity index (χ1n) is 5.87. The fourth-order valence-corrected chi connectivity index (χ4v) is 1.83. The minimum Gasteiger partial charge on any atom is -0.497 e. The summed E-state index contributed by atoms with van der Waals surface area (Å²) in [7, 11) is 3.31. The average Bonchev–Trinajstić information content (AvgIpc) is 2.42. The minimum absolute atomic E-state index is 0.0326. The summed E-state index contributed by atoms with van der Waals surface area (Å²) in [5, 5.41) is 4.27. The van der Waals surface area contributed by atoms with Crippen LogP contribution in [0, 0.1) is 0 Å². The zero-order chi connectivity index (χ0) is 13.1. The van der Waals surface area contributed by atoms with E-state index in [1.54, 1.807) is 14.2 Å². The highest BCUT2D eigenvalue weighted by molar-refractivity contribution is 5.60. The summed E-state index contributed by atoms with van der Waals surface area (Å²) in [5.41, 5.74) is 2.52. The lowest BCUT2D eigenvalue weighted by molar-refractivity contribution is 0.415. The van der Waals surface area contributed by atoms with Crippen LogP contribution in [-0.4, -0.2) is 16.9 Å². The van der Waals surface area contributed by atoms with Crippen LogP contribution in [0.4, 0.5) is 0 Å². The van der Waals surface area contributed by atoms with Crippen LogP contribution in [-0.2, 0) is 13.5 Å². The number of hydrogen-bond donors (Lipinski definition) is 0. The van der Waals surface area contributed by atoms with E-state index >= 15 is 0 Å². The first-order chi connectivity index (χ1) is 8.65. The Hall–Kier alpha value is -2.10. The number of aromatic nitrogens is 2. The van der Waals surface area contributed by atoms with Crippen molar-refractivity contribution >= 4 is 0 Å². The first kappa shape index (κ1) is 12.4. The number of nitrogens with zero attached hydrogens (tertiary/aromatic N) is 2. The molecule has 0 unspecified atom stereocenters. The summed E-state index contributed by atoms with van der Waals surface area (Å²) in [4.78, 5) is 11.8. The molecular formula is C14H16N2O2. The van der Waals surface area contributed by atoms with E-state index in [4.69, 9.17) is 4.74 Å². The Bertz CT molecular complexity index is 600. The second kappa shape index (κ2) is 5.04. The van der Waals surface area contributed by atoms with Gasteiger partial charge in [0.1, 0.15) is 5.75 Å². The zero-order valence-corrected chi connectivity index (χ0v) is 10.8. The molecule has 0 amide bonds. The minimum atomic E-state index is -0.0326. The van der Waals surface area contributed by atoms with Gasteiger partial charge in [-0.15, -0.1) is 0 Å². The van der Waals surface area contributed by atoms with Gasteiger partial charge in [-0.05, 0) is 36.8 Å². The van der Waals surface area contributed by atoms with Crippen molar-refractivity contribution in [2.24, 2.45) is 7.05 Å². The van der Waals surface area contributed by atoms with Crippen molar-refractivity contribution in [1.29, 1.82) is 0 Å². The van der Waals surface area contributed by atoms with Crippen LogP contribution in [0.25, 0.3) is 11.3 Å². The predicted molar refractivity (Wildman–Crippen MR) is 70.8 cm³/mol. The highest BCUT2D eigenvalue weighted by atomic mass is 16.5. The molecule has 2 aromatic rings. The summed E-state index contributed by atoms with van der Waals surface area (Å²) >= 11 is 0. The van der Waals surface area contributed by atoms with Gasteiger partial charge >= 0.3 is 0 Å². The maximum atomic E-state index is 11.8. The summed E-state index contributed by atoms with van der Waals surface area (Å²) in [6, 6.07) is 9.49. The van der Waals surface area contributed by atoms with Gasteiger partial charge in [-0.3, -0.25) is 4.79 Å². The van der Waals surface area contributed by atoms with Crippen LogP contribution >= 0.6 is 0 Å². The van der Waals surface area contributed by atoms with Gasteiger partial charge in [-0.1, -0.05) is 6.92 Å². The Labute approximate surface area is 106 Å². The van der Waals surface area contributed by atoms with Gasteiger partial charge in [0.2, 0.25) is 0 Å². The summed E-state index contributed by atoms with van der Waals surface area (Å²) in [6.07, 6.45) is 0.707. The molecule has 1 aromatic heterocycles. The molecule has 0 spiro atoms. The number of methoxy groups -OCH3 is 1. The summed E-state index contributed by atoms with van der Waals surface area (Å²) < 4.78 is 6.50. The van der Waals surface area contributed by atoms with Crippen molar-refractivity contribution in [3.63, 3.8) is 0 Å². The van der Waals surface area contributed by atoms with E-state index in [1.165, 1.54) is 4.68 Å². The summed E-state index contributed by atoms with van der Waals surface area (Å²) in [6.45, 7) is 1.97. The van der Waals surface area contributed by atoms with Gasteiger partial charge in [0.15, 0.2) is 0 Å². The van der Waals surface area contributed by atoms with Crippen LogP contribution in [0.5, 0.6) is 5.75 Å². The molecule has 1 heterocycles. The van der Waals surface area contributed by atoms with Crippen LogP contribution in [0.3, 0.4) is 0 Å². The Morgan fingerprint density at radius 1 is 1.28 bits per heavy atom. The Morgan fingerprint density at radius 3 is 2.50 bits per heavy atom. The molecule has 0 aliphatic rings. The topological polar surface area (TPSA) is 44.1 Å². The lowest BCUT2D eigenvalue weighted by Crippen LogP contribution is -2.23. The summed E-state index contributed by atoms with van der Waals surface area (Å²) in [5.74, 6) is 0.805. The highest BCUT2D eigenvalue weighted by Gasteiger charge is 2.06. The molecule has 0 radical (unpaired) electrons. The number of rotatable bonds is 3. The monoisotopic (exact) mass is 244 g/mol. The van der Waals surface area contributed by atoms with Gasteiger partial charge in [-0.2, -0.15) is 5.10 Å². The molecule has 4 heteroatoms. The number of ether oxygens (including phenoxy) is 1. The molecule has 18 heavy (non-hydrogen) atoms. The molecule has 0 N–H and O–H groups in total. The Kier molecular flexibility index (Phi) is 3.46. The fraction of sp³-hybridized carbons (Fsp3) is 0.286. The molecule has 0 atom stereocenters. The van der Waals surface area contributed by atoms with E-state index < -0.39 is 0 Å². The van der Waals surface area contributed by atoms with Gasteiger partial charge in [0.25, 0.3) is 5.56 Å². The molecule has 0 fully saturated rings. The van der Waals surface area contributed by atoms with E-state index in [1.807, 2.05) is 37.3 Å². The highest BCUT2D eigenvalue weighted by Crippen LogP contribution is 2.20. The van der Waals surface area contributed by atoms with Gasteiger partial charge in [0, 0.05) is 18.2 Å². The second-order valence-electron chi connectivity index (χ2n) is 4.07. The van der Waals surface area contributed by atoms with Crippen molar-refractivity contribution in [3.8, 4) is 17.0 Å². The van der Waals surface area contributed by atoms with Crippen LogP contribution in [0.2, 0.25) is 0 Å².